The van der Waals surface area contributed by atoms with Crippen LogP contribution in [0, 0.1) is 0 Å². The summed E-state index contributed by atoms with van der Waals surface area (Å²) in [5, 5.41) is 2.50. The minimum absolute atomic E-state index is 0. The van der Waals surface area contributed by atoms with Crippen molar-refractivity contribution in [2.45, 2.75) is 0 Å². The lowest BCUT2D eigenvalue weighted by Gasteiger charge is -2.24. The average Bonchev–Trinajstić information content (AvgIpc) is 2.45. The molecule has 0 aliphatic carbocycles. The number of carbonyl (C=O) groups is 2. The third-order valence-corrected chi connectivity index (χ3v) is 2.76. The fourth-order valence-corrected chi connectivity index (χ4v) is 1.65. The summed E-state index contributed by atoms with van der Waals surface area (Å²) in [6.45, 7) is 1.15. The predicted molar refractivity (Wildman–Crippen MR) is 93.9 cm³/mol. The molecule has 1 aromatic carbocycles. The van der Waals surface area contributed by atoms with Gasteiger partial charge in [0.25, 0.3) is 0 Å². The molecule has 0 unspecified atom stereocenters. The van der Waals surface area contributed by atoms with Gasteiger partial charge in [-0.3, -0.25) is 9.59 Å². The van der Waals surface area contributed by atoms with Crippen LogP contribution in [0.15, 0.2) is 30.3 Å². The highest BCUT2D eigenvalue weighted by molar-refractivity contribution is 5.96. The summed E-state index contributed by atoms with van der Waals surface area (Å²) in [4.78, 5) is 27.0. The van der Waals surface area contributed by atoms with Crippen molar-refractivity contribution >= 4 is 42.3 Å². The molecule has 2 amide bonds. The van der Waals surface area contributed by atoms with Crippen molar-refractivity contribution in [3.63, 3.8) is 0 Å². The van der Waals surface area contributed by atoms with Gasteiger partial charge in [0.05, 0.1) is 13.1 Å². The van der Waals surface area contributed by atoms with E-state index in [4.69, 9.17) is 5.73 Å². The molecule has 0 saturated heterocycles. The lowest BCUT2D eigenvalue weighted by Crippen LogP contribution is -2.44. The lowest BCUT2D eigenvalue weighted by molar-refractivity contribution is -0.124. The first kappa shape index (κ1) is 22.9. The topological polar surface area (TPSA) is 78.7 Å². The molecule has 1 aromatic rings. The molecular weight excluding hydrogens is 327 g/mol. The minimum Gasteiger partial charge on any atom is -0.346 e. The second-order valence-electron chi connectivity index (χ2n) is 4.67. The number of nitrogens with one attached hydrogen (secondary N) is 1. The Labute approximate surface area is 143 Å². The van der Waals surface area contributed by atoms with Gasteiger partial charge in [-0.05, 0) is 26.2 Å². The molecule has 0 atom stereocenters. The number of hydrogen-bond donors (Lipinski definition) is 2. The standard InChI is InChI=1S/C14H22N4O2.2ClH/c1-17(2)8-9-18(12-6-4-3-5-7-12)14(20)11-16-13(19)10-15;;/h3-7H,8-11,15H2,1-2H3,(H,16,19);2*1H. The van der Waals surface area contributed by atoms with Crippen LogP contribution >= 0.6 is 24.8 Å². The van der Waals surface area contributed by atoms with Crippen molar-refractivity contribution in [3.8, 4) is 0 Å². The van der Waals surface area contributed by atoms with Crippen LogP contribution in [0.1, 0.15) is 0 Å². The number of nitrogens with zero attached hydrogens (tertiary/aromatic N) is 2. The lowest BCUT2D eigenvalue weighted by atomic mass is 10.2. The first-order chi connectivity index (χ1) is 9.54. The van der Waals surface area contributed by atoms with Crippen molar-refractivity contribution in [2.24, 2.45) is 5.73 Å². The van der Waals surface area contributed by atoms with Gasteiger partial charge in [0.2, 0.25) is 11.8 Å². The van der Waals surface area contributed by atoms with Gasteiger partial charge < -0.3 is 20.9 Å². The smallest absolute Gasteiger partial charge is 0.246 e. The van der Waals surface area contributed by atoms with Gasteiger partial charge in [-0.15, -0.1) is 24.8 Å². The van der Waals surface area contributed by atoms with E-state index in [1.165, 1.54) is 0 Å². The highest BCUT2D eigenvalue weighted by Crippen LogP contribution is 2.13. The van der Waals surface area contributed by atoms with Gasteiger partial charge in [0.1, 0.15) is 0 Å². The van der Waals surface area contributed by atoms with Gasteiger partial charge in [-0.25, -0.2) is 0 Å². The summed E-state index contributed by atoms with van der Waals surface area (Å²) in [7, 11) is 3.90. The second kappa shape index (κ2) is 12.2. The molecule has 0 heterocycles. The van der Waals surface area contributed by atoms with Crippen LogP contribution in [0.3, 0.4) is 0 Å². The Morgan fingerprint density at radius 2 is 1.68 bits per heavy atom. The molecule has 3 N–H and O–H groups in total. The Hall–Kier alpha value is -1.34. The number of para-hydroxylation sites is 1. The number of carbonyl (C=O) groups excluding carboxylic acids is 2. The molecule has 0 fully saturated rings. The minimum atomic E-state index is -0.334. The van der Waals surface area contributed by atoms with E-state index in [1.54, 1.807) is 4.90 Å². The molecule has 0 aromatic heterocycles. The maximum atomic E-state index is 12.2. The summed E-state index contributed by atoms with van der Waals surface area (Å²) >= 11 is 0. The zero-order valence-corrected chi connectivity index (χ0v) is 14.5. The number of nitrogens with two attached hydrogens (primary N) is 1. The first-order valence-corrected chi connectivity index (χ1v) is 6.51. The van der Waals surface area contributed by atoms with Crippen LogP contribution < -0.4 is 16.0 Å². The highest BCUT2D eigenvalue weighted by Gasteiger charge is 2.16. The van der Waals surface area contributed by atoms with Gasteiger partial charge >= 0.3 is 0 Å². The number of halogens is 2. The van der Waals surface area contributed by atoms with E-state index >= 15 is 0 Å². The van der Waals surface area contributed by atoms with E-state index in [9.17, 15) is 9.59 Å². The van der Waals surface area contributed by atoms with Crippen LogP contribution in [0.2, 0.25) is 0 Å². The summed E-state index contributed by atoms with van der Waals surface area (Å²) in [6, 6.07) is 9.40. The fourth-order valence-electron chi connectivity index (χ4n) is 1.65. The number of hydrogen-bond acceptors (Lipinski definition) is 4. The monoisotopic (exact) mass is 350 g/mol. The summed E-state index contributed by atoms with van der Waals surface area (Å²) in [6.07, 6.45) is 0. The van der Waals surface area contributed by atoms with Crippen LogP contribution in [0.4, 0.5) is 5.69 Å². The largest absolute Gasteiger partial charge is 0.346 e. The molecule has 6 nitrogen and oxygen atoms in total. The Morgan fingerprint density at radius 1 is 1.09 bits per heavy atom. The third-order valence-electron chi connectivity index (χ3n) is 2.76. The molecule has 0 aliphatic heterocycles. The zero-order chi connectivity index (χ0) is 15.0. The van der Waals surface area contributed by atoms with Crippen molar-refractivity contribution in [2.75, 3.05) is 45.2 Å². The number of benzene rings is 1. The van der Waals surface area contributed by atoms with E-state index in [1.807, 2.05) is 49.3 Å². The van der Waals surface area contributed by atoms with Gasteiger partial charge in [-0.2, -0.15) is 0 Å². The SMILES string of the molecule is CN(C)CCN(C(=O)CNC(=O)CN)c1ccccc1.Cl.Cl. The Morgan fingerprint density at radius 3 is 2.18 bits per heavy atom. The second-order valence-corrected chi connectivity index (χ2v) is 4.67. The fraction of sp³-hybridized carbons (Fsp3) is 0.429. The molecule has 8 heteroatoms. The van der Waals surface area contributed by atoms with Crippen molar-refractivity contribution in [3.05, 3.63) is 30.3 Å². The maximum Gasteiger partial charge on any atom is 0.246 e. The summed E-state index contributed by atoms with van der Waals surface area (Å²) < 4.78 is 0. The number of amides is 2. The van der Waals surface area contributed by atoms with Crippen LogP contribution in [0.25, 0.3) is 0 Å². The molecule has 126 valence electrons. The number of likely N-dealkylation sites (N-methyl/N-ethyl adjacent to an activating group) is 1. The summed E-state index contributed by atoms with van der Waals surface area (Å²) in [5.74, 6) is -0.487. The van der Waals surface area contributed by atoms with Gasteiger partial charge in [0.15, 0.2) is 0 Å². The van der Waals surface area contributed by atoms with Gasteiger partial charge in [-0.1, -0.05) is 18.2 Å². The summed E-state index contributed by atoms with van der Waals surface area (Å²) in [5.41, 5.74) is 6.02. The maximum absolute atomic E-state index is 12.2. The van der Waals surface area contributed by atoms with Crippen molar-refractivity contribution in [1.29, 1.82) is 0 Å². The molecule has 0 aliphatic rings. The molecular formula is C14H24Cl2N4O2. The first-order valence-electron chi connectivity index (χ1n) is 6.51. The molecule has 0 saturated carbocycles. The Balaban J connectivity index is 0. The van der Waals surface area contributed by atoms with Crippen LogP contribution in [0.5, 0.6) is 0 Å². The van der Waals surface area contributed by atoms with E-state index in [0.29, 0.717) is 6.54 Å². The predicted octanol–water partition coefficient (Wildman–Crippen LogP) is 0.500. The number of anilines is 1. The zero-order valence-electron chi connectivity index (χ0n) is 12.8. The van der Waals surface area contributed by atoms with Gasteiger partial charge in [0, 0.05) is 18.8 Å². The molecule has 22 heavy (non-hydrogen) atoms. The third kappa shape index (κ3) is 8.19. The highest BCUT2D eigenvalue weighted by atomic mass is 35.5. The molecule has 0 radical (unpaired) electrons. The van der Waals surface area contributed by atoms with E-state index in [-0.39, 0.29) is 49.7 Å². The molecule has 0 spiro atoms. The van der Waals surface area contributed by atoms with Crippen molar-refractivity contribution < 1.29 is 9.59 Å². The van der Waals surface area contributed by atoms with Crippen LogP contribution in [-0.2, 0) is 9.59 Å². The van der Waals surface area contributed by atoms with Crippen molar-refractivity contribution in [1.82, 2.24) is 10.2 Å². The Kier molecular flexibility index (Phi) is 12.7. The van der Waals surface area contributed by atoms with E-state index in [0.717, 1.165) is 12.2 Å². The van der Waals surface area contributed by atoms with E-state index in [2.05, 4.69) is 5.32 Å². The normalized spacial score (nSPS) is 9.45. The number of rotatable bonds is 7. The quantitative estimate of drug-likeness (QED) is 0.750. The Bertz CT molecular complexity index is 444. The average molecular weight is 351 g/mol. The molecule has 0 bridgehead atoms. The van der Waals surface area contributed by atoms with Crippen LogP contribution in [-0.4, -0.2) is 57.0 Å². The molecule has 1 rings (SSSR count). The van der Waals surface area contributed by atoms with E-state index < -0.39 is 0 Å².